The second kappa shape index (κ2) is 10.2. The number of nitrogens with zero attached hydrogens (tertiary/aromatic N) is 2. The average Bonchev–Trinajstić information content (AvgIpc) is 3.39. The number of guanidine groups is 1. The van der Waals surface area contributed by atoms with Gasteiger partial charge in [-0.1, -0.05) is 36.8 Å². The summed E-state index contributed by atoms with van der Waals surface area (Å²) in [5.41, 5.74) is 2.67. The minimum atomic E-state index is 0. The summed E-state index contributed by atoms with van der Waals surface area (Å²) in [7, 11) is 4.06. The molecule has 2 N–H and O–H groups in total. The van der Waals surface area contributed by atoms with E-state index in [1.807, 2.05) is 7.05 Å². The molecule has 0 amide bonds. The zero-order valence-corrected chi connectivity index (χ0v) is 18.0. The zero-order chi connectivity index (χ0) is 16.8. The van der Waals surface area contributed by atoms with Crippen molar-refractivity contribution in [2.75, 3.05) is 27.2 Å². The molecular formula is C19H33IN4. The standard InChI is InChI=1S/C19H32N4.HI/c1-14-6-8-17(9-7-14)15(2)12-21-19(20-4)22-13-16(3)23(5)18-10-11-18;/h6-9,15-16,18H,10-13H2,1-5H3,(H2,20,21,22);1H. The first-order valence-electron chi connectivity index (χ1n) is 8.74. The third-order valence-corrected chi connectivity index (χ3v) is 4.83. The van der Waals surface area contributed by atoms with Gasteiger partial charge in [0.05, 0.1) is 0 Å². The molecule has 0 spiro atoms. The summed E-state index contributed by atoms with van der Waals surface area (Å²) >= 11 is 0. The lowest BCUT2D eigenvalue weighted by Crippen LogP contribution is -2.46. The third-order valence-electron chi connectivity index (χ3n) is 4.83. The Bertz CT molecular complexity index is 511. The fourth-order valence-electron chi connectivity index (χ4n) is 2.71. The van der Waals surface area contributed by atoms with Crippen molar-refractivity contribution in [2.24, 2.45) is 4.99 Å². The largest absolute Gasteiger partial charge is 0.356 e. The van der Waals surface area contributed by atoms with E-state index in [9.17, 15) is 0 Å². The Morgan fingerprint density at radius 3 is 2.29 bits per heavy atom. The monoisotopic (exact) mass is 444 g/mol. The molecule has 0 radical (unpaired) electrons. The van der Waals surface area contributed by atoms with Crippen molar-refractivity contribution in [3.63, 3.8) is 0 Å². The SMILES string of the molecule is CN=C(NCC(C)c1ccc(C)cc1)NCC(C)N(C)C1CC1.I. The maximum atomic E-state index is 4.34. The van der Waals surface area contributed by atoms with Gasteiger partial charge in [-0.05, 0) is 45.2 Å². The van der Waals surface area contributed by atoms with E-state index in [0.717, 1.165) is 25.1 Å². The number of nitrogens with one attached hydrogen (secondary N) is 2. The van der Waals surface area contributed by atoms with Crippen LogP contribution in [0.2, 0.25) is 0 Å². The van der Waals surface area contributed by atoms with Gasteiger partial charge in [-0.2, -0.15) is 0 Å². The molecule has 1 aromatic carbocycles. The predicted molar refractivity (Wildman–Crippen MR) is 115 cm³/mol. The second-order valence-corrected chi connectivity index (χ2v) is 6.89. The molecule has 24 heavy (non-hydrogen) atoms. The van der Waals surface area contributed by atoms with Crippen molar-refractivity contribution >= 4 is 29.9 Å². The van der Waals surface area contributed by atoms with E-state index in [1.54, 1.807) is 0 Å². The van der Waals surface area contributed by atoms with Gasteiger partial charge in [0.15, 0.2) is 5.96 Å². The second-order valence-electron chi connectivity index (χ2n) is 6.89. The lowest BCUT2D eigenvalue weighted by atomic mass is 10.0. The number of aryl methyl sites for hydroxylation is 1. The molecule has 1 fully saturated rings. The number of benzene rings is 1. The molecule has 4 nitrogen and oxygen atoms in total. The van der Waals surface area contributed by atoms with Crippen molar-refractivity contribution in [1.82, 2.24) is 15.5 Å². The van der Waals surface area contributed by atoms with Crippen molar-refractivity contribution in [3.05, 3.63) is 35.4 Å². The minimum Gasteiger partial charge on any atom is -0.356 e. The molecular weight excluding hydrogens is 411 g/mol. The fraction of sp³-hybridized carbons (Fsp3) is 0.632. The molecule has 1 aromatic rings. The summed E-state index contributed by atoms with van der Waals surface area (Å²) in [5, 5.41) is 6.89. The van der Waals surface area contributed by atoms with Gasteiger partial charge in [0.2, 0.25) is 0 Å². The smallest absolute Gasteiger partial charge is 0.191 e. The Morgan fingerprint density at radius 1 is 1.17 bits per heavy atom. The molecule has 5 heteroatoms. The van der Waals surface area contributed by atoms with E-state index < -0.39 is 0 Å². The Hall–Kier alpha value is -0.820. The van der Waals surface area contributed by atoms with Crippen LogP contribution in [0.1, 0.15) is 43.7 Å². The lowest BCUT2D eigenvalue weighted by molar-refractivity contribution is 0.247. The average molecular weight is 444 g/mol. The lowest BCUT2D eigenvalue weighted by Gasteiger charge is -2.25. The highest BCUT2D eigenvalue weighted by molar-refractivity contribution is 14.0. The predicted octanol–water partition coefficient (Wildman–Crippen LogP) is 3.36. The number of hydrogen-bond acceptors (Lipinski definition) is 2. The van der Waals surface area contributed by atoms with Gasteiger partial charge in [0.25, 0.3) is 0 Å². The van der Waals surface area contributed by atoms with E-state index >= 15 is 0 Å². The van der Waals surface area contributed by atoms with Crippen LogP contribution in [0.5, 0.6) is 0 Å². The van der Waals surface area contributed by atoms with E-state index in [-0.39, 0.29) is 24.0 Å². The molecule has 0 saturated heterocycles. The maximum absolute atomic E-state index is 4.34. The molecule has 1 aliphatic carbocycles. The van der Waals surface area contributed by atoms with Crippen molar-refractivity contribution in [3.8, 4) is 0 Å². The van der Waals surface area contributed by atoms with Crippen molar-refractivity contribution in [2.45, 2.75) is 51.6 Å². The molecule has 0 aromatic heterocycles. The highest BCUT2D eigenvalue weighted by atomic mass is 127. The van der Waals surface area contributed by atoms with Crippen LogP contribution in [0.3, 0.4) is 0 Å². The number of aliphatic imine (C=N–C) groups is 1. The Kier molecular flexibility index (Phi) is 9.05. The molecule has 0 aliphatic heterocycles. The first-order valence-corrected chi connectivity index (χ1v) is 8.74. The summed E-state index contributed by atoms with van der Waals surface area (Å²) in [4.78, 5) is 6.80. The van der Waals surface area contributed by atoms with Crippen LogP contribution in [-0.4, -0.2) is 50.1 Å². The van der Waals surface area contributed by atoms with Crippen LogP contribution in [0, 0.1) is 6.92 Å². The van der Waals surface area contributed by atoms with E-state index in [2.05, 4.69) is 72.6 Å². The summed E-state index contributed by atoms with van der Waals surface area (Å²) in [6.07, 6.45) is 2.70. The van der Waals surface area contributed by atoms with Crippen LogP contribution < -0.4 is 10.6 Å². The molecule has 2 rings (SSSR count). The summed E-state index contributed by atoms with van der Waals surface area (Å²) in [6.45, 7) is 8.45. The van der Waals surface area contributed by atoms with Crippen molar-refractivity contribution < 1.29 is 0 Å². The van der Waals surface area contributed by atoms with Crippen LogP contribution in [0.25, 0.3) is 0 Å². The van der Waals surface area contributed by atoms with E-state index in [0.29, 0.717) is 12.0 Å². The molecule has 1 saturated carbocycles. The summed E-state index contributed by atoms with van der Waals surface area (Å²) < 4.78 is 0. The molecule has 2 atom stereocenters. The van der Waals surface area contributed by atoms with Gasteiger partial charge in [-0.15, -0.1) is 24.0 Å². The number of likely N-dealkylation sites (N-methyl/N-ethyl adjacent to an activating group) is 1. The molecule has 2 unspecified atom stereocenters. The Labute approximate surface area is 164 Å². The van der Waals surface area contributed by atoms with Gasteiger partial charge < -0.3 is 10.6 Å². The first-order chi connectivity index (χ1) is 11.0. The van der Waals surface area contributed by atoms with Gasteiger partial charge in [-0.3, -0.25) is 9.89 Å². The molecule has 1 aliphatic rings. The minimum absolute atomic E-state index is 0. The van der Waals surface area contributed by atoms with Crippen LogP contribution in [0.15, 0.2) is 29.3 Å². The number of halogens is 1. The van der Waals surface area contributed by atoms with Crippen LogP contribution in [0.4, 0.5) is 0 Å². The fourth-order valence-corrected chi connectivity index (χ4v) is 2.71. The molecule has 0 bridgehead atoms. The highest BCUT2D eigenvalue weighted by Crippen LogP contribution is 2.26. The summed E-state index contributed by atoms with van der Waals surface area (Å²) in [6, 6.07) is 10.1. The normalized spacial score (nSPS) is 17.2. The Balaban J connectivity index is 0.00000288. The Morgan fingerprint density at radius 2 is 1.75 bits per heavy atom. The zero-order valence-electron chi connectivity index (χ0n) is 15.7. The van der Waals surface area contributed by atoms with Gasteiger partial charge in [-0.25, -0.2) is 0 Å². The van der Waals surface area contributed by atoms with Gasteiger partial charge >= 0.3 is 0 Å². The third kappa shape index (κ3) is 6.59. The first kappa shape index (κ1) is 21.2. The van der Waals surface area contributed by atoms with E-state index in [4.69, 9.17) is 0 Å². The topological polar surface area (TPSA) is 39.7 Å². The van der Waals surface area contributed by atoms with Crippen molar-refractivity contribution in [1.29, 1.82) is 0 Å². The van der Waals surface area contributed by atoms with E-state index in [1.165, 1.54) is 24.0 Å². The van der Waals surface area contributed by atoms with Crippen LogP contribution in [-0.2, 0) is 0 Å². The van der Waals surface area contributed by atoms with Gasteiger partial charge in [0, 0.05) is 32.2 Å². The van der Waals surface area contributed by atoms with Gasteiger partial charge in [0.1, 0.15) is 0 Å². The molecule has 136 valence electrons. The number of rotatable bonds is 7. The number of hydrogen-bond donors (Lipinski definition) is 2. The summed E-state index contributed by atoms with van der Waals surface area (Å²) in [5.74, 6) is 1.35. The maximum Gasteiger partial charge on any atom is 0.191 e. The molecule has 0 heterocycles. The quantitative estimate of drug-likeness (QED) is 0.385. The van der Waals surface area contributed by atoms with Crippen LogP contribution >= 0.6 is 24.0 Å². The highest BCUT2D eigenvalue weighted by Gasteiger charge is 2.28.